The van der Waals surface area contributed by atoms with Crippen molar-refractivity contribution in [2.45, 2.75) is 51.4 Å². The van der Waals surface area contributed by atoms with Crippen molar-refractivity contribution in [2.75, 3.05) is 0 Å². The zero-order valence-corrected chi connectivity index (χ0v) is 9.52. The van der Waals surface area contributed by atoms with Gasteiger partial charge in [0, 0.05) is 0 Å². The summed E-state index contributed by atoms with van der Waals surface area (Å²) >= 11 is 0. The van der Waals surface area contributed by atoms with E-state index < -0.39 is 23.8 Å². The molecule has 92 valence electrons. The summed E-state index contributed by atoms with van der Waals surface area (Å²) < 4.78 is 0. The zero-order chi connectivity index (χ0) is 12.0. The zero-order valence-electron chi connectivity index (χ0n) is 9.52. The van der Waals surface area contributed by atoms with Gasteiger partial charge in [-0.15, -0.1) is 0 Å². The van der Waals surface area contributed by atoms with Crippen LogP contribution < -0.4 is 0 Å². The molecule has 0 aliphatic heterocycles. The van der Waals surface area contributed by atoms with Gasteiger partial charge in [-0.25, -0.2) is 0 Å². The Morgan fingerprint density at radius 2 is 1.12 bits per heavy atom. The fraction of sp³-hybridized carbons (Fsp3) is 0.833. The second-order valence-corrected chi connectivity index (χ2v) is 4.65. The van der Waals surface area contributed by atoms with E-state index in [0.717, 1.165) is 32.1 Å². The second-order valence-electron chi connectivity index (χ2n) is 4.65. The predicted molar refractivity (Wildman–Crippen MR) is 59.2 cm³/mol. The molecule has 0 spiro atoms. The van der Waals surface area contributed by atoms with Crippen molar-refractivity contribution in [3.8, 4) is 0 Å². The van der Waals surface area contributed by atoms with Crippen molar-refractivity contribution in [3.63, 3.8) is 0 Å². The fourth-order valence-electron chi connectivity index (χ4n) is 2.34. The smallest absolute Gasteiger partial charge is 0.306 e. The van der Waals surface area contributed by atoms with Crippen molar-refractivity contribution in [1.29, 1.82) is 0 Å². The standard InChI is InChI=1S/C12H20O4/c13-11(14)9-6-4-2-1-3-5-7-10(8-9)12(15)16/h9-10H,1-8H2,(H,13,14)(H,15,16). The highest BCUT2D eigenvalue weighted by Crippen LogP contribution is 2.26. The van der Waals surface area contributed by atoms with Gasteiger partial charge in [0.25, 0.3) is 0 Å². The van der Waals surface area contributed by atoms with E-state index in [2.05, 4.69) is 0 Å². The summed E-state index contributed by atoms with van der Waals surface area (Å²) in [5.74, 6) is -2.63. The number of aliphatic carboxylic acids is 2. The second kappa shape index (κ2) is 6.51. The molecule has 0 aromatic carbocycles. The third kappa shape index (κ3) is 4.21. The largest absolute Gasteiger partial charge is 0.481 e. The van der Waals surface area contributed by atoms with Gasteiger partial charge in [0.15, 0.2) is 0 Å². The summed E-state index contributed by atoms with van der Waals surface area (Å²) in [5.41, 5.74) is 0. The van der Waals surface area contributed by atoms with Gasteiger partial charge in [0.2, 0.25) is 0 Å². The van der Waals surface area contributed by atoms with Crippen molar-refractivity contribution in [1.82, 2.24) is 0 Å². The normalized spacial score (nSPS) is 28.2. The Hall–Kier alpha value is -1.06. The number of rotatable bonds is 2. The Kier molecular flexibility index (Phi) is 5.29. The van der Waals surface area contributed by atoms with Crippen LogP contribution in [-0.4, -0.2) is 22.2 Å². The van der Waals surface area contributed by atoms with Gasteiger partial charge in [-0.2, -0.15) is 0 Å². The number of carbonyl (C=O) groups is 2. The summed E-state index contributed by atoms with van der Waals surface area (Å²) in [6.07, 6.45) is 6.59. The summed E-state index contributed by atoms with van der Waals surface area (Å²) in [4.78, 5) is 22.0. The van der Waals surface area contributed by atoms with E-state index in [-0.39, 0.29) is 0 Å². The lowest BCUT2D eigenvalue weighted by atomic mass is 9.85. The van der Waals surface area contributed by atoms with E-state index in [1.807, 2.05) is 0 Å². The molecule has 0 heterocycles. The highest BCUT2D eigenvalue weighted by molar-refractivity contribution is 5.73. The number of hydrogen-bond donors (Lipinski definition) is 2. The lowest BCUT2D eigenvalue weighted by Crippen LogP contribution is -2.23. The maximum absolute atomic E-state index is 11.0. The molecule has 0 bridgehead atoms. The Labute approximate surface area is 95.7 Å². The Bertz CT molecular complexity index is 225. The Morgan fingerprint density at radius 3 is 1.50 bits per heavy atom. The van der Waals surface area contributed by atoms with Crippen LogP contribution >= 0.6 is 0 Å². The first-order valence-corrected chi connectivity index (χ1v) is 6.07. The minimum absolute atomic E-state index is 0.296. The van der Waals surface area contributed by atoms with Crippen LogP contribution in [0.1, 0.15) is 51.4 Å². The first-order valence-electron chi connectivity index (χ1n) is 6.07. The molecule has 2 unspecified atom stereocenters. The molecule has 0 radical (unpaired) electrons. The lowest BCUT2D eigenvalue weighted by Gasteiger charge is -2.19. The average Bonchev–Trinajstić information content (AvgIpc) is 2.24. The van der Waals surface area contributed by atoms with E-state index in [1.54, 1.807) is 0 Å². The van der Waals surface area contributed by atoms with E-state index in [9.17, 15) is 9.59 Å². The molecule has 1 fully saturated rings. The molecular weight excluding hydrogens is 208 g/mol. The summed E-state index contributed by atoms with van der Waals surface area (Å²) in [5, 5.41) is 18.0. The number of hydrogen-bond acceptors (Lipinski definition) is 2. The minimum atomic E-state index is -0.841. The molecule has 1 rings (SSSR count). The lowest BCUT2D eigenvalue weighted by molar-refractivity contribution is -0.146. The molecule has 2 atom stereocenters. The molecule has 0 aromatic heterocycles. The first kappa shape index (κ1) is 13.0. The van der Waals surface area contributed by atoms with Gasteiger partial charge < -0.3 is 10.2 Å². The van der Waals surface area contributed by atoms with Crippen LogP contribution in [0, 0.1) is 11.8 Å². The Morgan fingerprint density at radius 1 is 0.750 bits per heavy atom. The van der Waals surface area contributed by atoms with Gasteiger partial charge in [0.05, 0.1) is 11.8 Å². The van der Waals surface area contributed by atoms with E-state index in [0.29, 0.717) is 19.3 Å². The van der Waals surface area contributed by atoms with Crippen molar-refractivity contribution < 1.29 is 19.8 Å². The van der Waals surface area contributed by atoms with E-state index in [4.69, 9.17) is 10.2 Å². The summed E-state index contributed by atoms with van der Waals surface area (Å²) in [7, 11) is 0. The fourth-order valence-corrected chi connectivity index (χ4v) is 2.34. The SMILES string of the molecule is O=C(O)C1CCCCCCCC(C(=O)O)C1. The number of carboxylic acid groups (broad SMARTS) is 2. The quantitative estimate of drug-likeness (QED) is 0.761. The highest BCUT2D eigenvalue weighted by Gasteiger charge is 2.26. The van der Waals surface area contributed by atoms with Crippen LogP contribution in [0.2, 0.25) is 0 Å². The van der Waals surface area contributed by atoms with Gasteiger partial charge in [-0.1, -0.05) is 32.1 Å². The van der Waals surface area contributed by atoms with Crippen molar-refractivity contribution in [3.05, 3.63) is 0 Å². The molecular formula is C12H20O4. The summed E-state index contributed by atoms with van der Waals surface area (Å²) in [6.45, 7) is 0. The third-order valence-corrected chi connectivity index (χ3v) is 3.37. The topological polar surface area (TPSA) is 74.6 Å². The van der Waals surface area contributed by atoms with Gasteiger partial charge in [-0.3, -0.25) is 9.59 Å². The molecule has 1 aliphatic carbocycles. The molecule has 1 saturated carbocycles. The van der Waals surface area contributed by atoms with E-state index in [1.165, 1.54) is 0 Å². The summed E-state index contributed by atoms with van der Waals surface area (Å²) in [6, 6.07) is 0. The van der Waals surface area contributed by atoms with Gasteiger partial charge in [-0.05, 0) is 19.3 Å². The van der Waals surface area contributed by atoms with Crippen LogP contribution in [0.3, 0.4) is 0 Å². The van der Waals surface area contributed by atoms with Gasteiger partial charge >= 0.3 is 11.9 Å². The molecule has 4 nitrogen and oxygen atoms in total. The maximum atomic E-state index is 11.0. The Balaban J connectivity index is 2.61. The molecule has 0 saturated heterocycles. The third-order valence-electron chi connectivity index (χ3n) is 3.37. The molecule has 0 aromatic rings. The minimum Gasteiger partial charge on any atom is -0.481 e. The molecule has 4 heteroatoms. The number of carboxylic acids is 2. The first-order chi connectivity index (χ1) is 7.61. The highest BCUT2D eigenvalue weighted by atomic mass is 16.4. The van der Waals surface area contributed by atoms with Gasteiger partial charge in [0.1, 0.15) is 0 Å². The molecule has 0 amide bonds. The molecule has 2 N–H and O–H groups in total. The molecule has 1 aliphatic rings. The van der Waals surface area contributed by atoms with E-state index >= 15 is 0 Å². The monoisotopic (exact) mass is 228 g/mol. The predicted octanol–water partition coefficient (Wildman–Crippen LogP) is 2.52. The van der Waals surface area contributed by atoms with Crippen LogP contribution in [0.5, 0.6) is 0 Å². The molecule has 16 heavy (non-hydrogen) atoms. The van der Waals surface area contributed by atoms with Crippen molar-refractivity contribution in [2.24, 2.45) is 11.8 Å². The van der Waals surface area contributed by atoms with Crippen LogP contribution in [0.25, 0.3) is 0 Å². The maximum Gasteiger partial charge on any atom is 0.306 e. The van der Waals surface area contributed by atoms with Crippen molar-refractivity contribution >= 4 is 11.9 Å². The van der Waals surface area contributed by atoms with Crippen LogP contribution in [0.15, 0.2) is 0 Å². The average molecular weight is 228 g/mol. The van der Waals surface area contributed by atoms with Crippen LogP contribution in [-0.2, 0) is 9.59 Å². The van der Waals surface area contributed by atoms with Crippen LogP contribution in [0.4, 0.5) is 0 Å².